The summed E-state index contributed by atoms with van der Waals surface area (Å²) in [4.78, 5) is 17.8. The summed E-state index contributed by atoms with van der Waals surface area (Å²) in [6.07, 6.45) is -3.81. The number of hydrogen-bond acceptors (Lipinski definition) is 5. The van der Waals surface area contributed by atoms with Gasteiger partial charge in [0.05, 0.1) is 15.2 Å². The first-order valence-electron chi connectivity index (χ1n) is 8.56. The Balaban J connectivity index is 1.51. The summed E-state index contributed by atoms with van der Waals surface area (Å²) >= 11 is 1.50. The fourth-order valence-electron chi connectivity index (χ4n) is 2.99. The molecule has 9 heteroatoms. The summed E-state index contributed by atoms with van der Waals surface area (Å²) in [5, 5.41) is 6.30. The third kappa shape index (κ3) is 4.93. The molecule has 2 N–H and O–H groups in total. The lowest BCUT2D eigenvalue weighted by Crippen LogP contribution is -2.57. The van der Waals surface area contributed by atoms with Gasteiger partial charge in [0.2, 0.25) is 5.91 Å². The molecule has 1 amide bonds. The minimum absolute atomic E-state index is 0.131. The monoisotopic (exact) mass is 386 g/mol. The molecular weight excluding hydrogens is 365 g/mol. The number of thiazole rings is 1. The number of halogens is 3. The number of hydrogen-bond donors (Lipinski definition) is 2. The van der Waals surface area contributed by atoms with Gasteiger partial charge in [0.1, 0.15) is 6.04 Å². The summed E-state index contributed by atoms with van der Waals surface area (Å²) < 4.78 is 40.9. The van der Waals surface area contributed by atoms with E-state index in [0.717, 1.165) is 15.2 Å². The number of alkyl halides is 3. The van der Waals surface area contributed by atoms with Crippen molar-refractivity contribution in [2.45, 2.75) is 25.1 Å². The molecule has 2 heterocycles. The van der Waals surface area contributed by atoms with Crippen molar-refractivity contribution in [1.29, 1.82) is 0 Å². The molecule has 0 saturated carbocycles. The predicted octanol–water partition coefficient (Wildman–Crippen LogP) is 2.18. The zero-order valence-corrected chi connectivity index (χ0v) is 15.0. The Kier molecular flexibility index (Phi) is 6.10. The molecule has 1 aromatic carbocycles. The molecule has 3 rings (SSSR count). The topological polar surface area (TPSA) is 57.3 Å². The van der Waals surface area contributed by atoms with Gasteiger partial charge >= 0.3 is 6.18 Å². The lowest BCUT2D eigenvalue weighted by Gasteiger charge is -2.35. The van der Waals surface area contributed by atoms with E-state index in [2.05, 4.69) is 15.6 Å². The number of nitrogens with one attached hydrogen (secondary N) is 2. The van der Waals surface area contributed by atoms with Gasteiger partial charge in [0, 0.05) is 45.6 Å². The molecule has 1 fully saturated rings. The number of carbonyl (C=O) groups excluding carboxylic acids is 1. The van der Waals surface area contributed by atoms with Crippen LogP contribution >= 0.6 is 11.3 Å². The normalized spacial score (nSPS) is 17.3. The fraction of sp³-hybridized carbons (Fsp3) is 0.529. The van der Waals surface area contributed by atoms with Crippen LogP contribution in [0.5, 0.6) is 0 Å². The van der Waals surface area contributed by atoms with Gasteiger partial charge in [0.15, 0.2) is 0 Å². The Bertz CT molecular complexity index is 710. The largest absolute Gasteiger partial charge is 0.405 e. The maximum Gasteiger partial charge on any atom is 0.405 e. The third-order valence-electron chi connectivity index (χ3n) is 4.37. The molecule has 1 aliphatic heterocycles. The summed E-state index contributed by atoms with van der Waals surface area (Å²) in [5.41, 5.74) is 0.878. The van der Waals surface area contributed by atoms with Crippen molar-refractivity contribution in [3.63, 3.8) is 0 Å². The average molecular weight is 386 g/mol. The highest BCUT2D eigenvalue weighted by atomic mass is 32.1. The van der Waals surface area contributed by atoms with Crippen molar-refractivity contribution in [2.24, 2.45) is 0 Å². The van der Waals surface area contributed by atoms with E-state index in [-0.39, 0.29) is 12.3 Å². The number of aromatic nitrogens is 1. The van der Waals surface area contributed by atoms with Crippen molar-refractivity contribution in [2.75, 3.05) is 32.7 Å². The summed E-state index contributed by atoms with van der Waals surface area (Å²) in [6.45, 7) is 1.29. The van der Waals surface area contributed by atoms with Crippen LogP contribution in [0.3, 0.4) is 0 Å². The highest BCUT2D eigenvalue weighted by Gasteiger charge is 2.43. The summed E-state index contributed by atoms with van der Waals surface area (Å²) in [7, 11) is 0. The Labute approximate surface area is 153 Å². The summed E-state index contributed by atoms with van der Waals surface area (Å²) in [5.74, 6) is -0.381. The number of piperazine rings is 1. The molecule has 0 bridgehead atoms. The standard InChI is InChI=1S/C17H21F3N4OS/c18-17(19,20)14(24-9-7-21-8-10-24)11-22-15(25)5-6-16-23-12-3-1-2-4-13(12)26-16/h1-4,14,21H,5-11H2,(H,22,25). The van der Waals surface area contributed by atoms with Crippen LogP contribution in [-0.4, -0.2) is 60.7 Å². The number of aryl methyl sites for hydroxylation is 1. The van der Waals surface area contributed by atoms with Crippen LogP contribution in [0.25, 0.3) is 10.2 Å². The smallest absolute Gasteiger partial charge is 0.354 e. The fourth-order valence-corrected chi connectivity index (χ4v) is 3.96. The number of fused-ring (bicyclic) bond motifs is 1. The Hall–Kier alpha value is -1.71. The van der Waals surface area contributed by atoms with Crippen LogP contribution in [0, 0.1) is 0 Å². The first-order valence-corrected chi connectivity index (χ1v) is 9.38. The lowest BCUT2D eigenvalue weighted by molar-refractivity contribution is -0.184. The number of amides is 1. The average Bonchev–Trinajstić information content (AvgIpc) is 3.03. The summed E-state index contributed by atoms with van der Waals surface area (Å²) in [6, 6.07) is 6.03. The van der Waals surface area contributed by atoms with E-state index in [0.29, 0.717) is 32.6 Å². The first-order chi connectivity index (χ1) is 12.4. The van der Waals surface area contributed by atoms with Crippen molar-refractivity contribution >= 4 is 27.5 Å². The van der Waals surface area contributed by atoms with E-state index in [1.54, 1.807) is 0 Å². The Morgan fingerprint density at radius 1 is 1.31 bits per heavy atom. The molecule has 5 nitrogen and oxygen atoms in total. The van der Waals surface area contributed by atoms with Crippen LogP contribution in [-0.2, 0) is 11.2 Å². The molecule has 1 saturated heterocycles. The maximum atomic E-state index is 13.3. The van der Waals surface area contributed by atoms with Crippen LogP contribution in [0.15, 0.2) is 24.3 Å². The lowest BCUT2D eigenvalue weighted by atomic mass is 10.2. The second-order valence-corrected chi connectivity index (χ2v) is 7.34. The van der Waals surface area contributed by atoms with Crippen LogP contribution in [0.4, 0.5) is 13.2 Å². The molecule has 1 unspecified atom stereocenters. The quantitative estimate of drug-likeness (QED) is 0.799. The number of nitrogens with zero attached hydrogens (tertiary/aromatic N) is 2. The third-order valence-corrected chi connectivity index (χ3v) is 5.46. The highest BCUT2D eigenvalue weighted by molar-refractivity contribution is 7.18. The first kappa shape index (κ1) is 19.1. The van der Waals surface area contributed by atoms with Crippen LogP contribution < -0.4 is 10.6 Å². The van der Waals surface area contributed by atoms with Crippen molar-refractivity contribution in [1.82, 2.24) is 20.5 Å². The van der Waals surface area contributed by atoms with Gasteiger partial charge in [-0.05, 0) is 12.1 Å². The Morgan fingerprint density at radius 3 is 2.73 bits per heavy atom. The van der Waals surface area contributed by atoms with Gasteiger partial charge in [-0.2, -0.15) is 13.2 Å². The molecule has 1 aliphatic rings. The zero-order valence-electron chi connectivity index (χ0n) is 14.2. The molecule has 2 aromatic rings. The molecular formula is C17H21F3N4OS. The molecule has 0 aliphatic carbocycles. The SMILES string of the molecule is O=C(CCc1nc2ccccc2s1)NCC(N1CCNCC1)C(F)(F)F. The van der Waals surface area contributed by atoms with E-state index in [1.807, 2.05) is 24.3 Å². The minimum Gasteiger partial charge on any atom is -0.354 e. The Morgan fingerprint density at radius 2 is 2.04 bits per heavy atom. The zero-order chi connectivity index (χ0) is 18.6. The predicted molar refractivity (Wildman–Crippen MR) is 95.2 cm³/mol. The van der Waals surface area contributed by atoms with Gasteiger partial charge in [-0.1, -0.05) is 12.1 Å². The number of carbonyl (C=O) groups is 1. The molecule has 1 atom stereocenters. The van der Waals surface area contributed by atoms with Gasteiger partial charge in [-0.15, -0.1) is 11.3 Å². The van der Waals surface area contributed by atoms with Gasteiger partial charge in [-0.25, -0.2) is 4.98 Å². The molecule has 0 radical (unpaired) electrons. The van der Waals surface area contributed by atoms with E-state index in [4.69, 9.17) is 0 Å². The van der Waals surface area contributed by atoms with E-state index in [1.165, 1.54) is 16.2 Å². The van der Waals surface area contributed by atoms with Crippen LogP contribution in [0.2, 0.25) is 0 Å². The minimum atomic E-state index is -4.36. The maximum absolute atomic E-state index is 13.3. The number of rotatable bonds is 6. The molecule has 1 aromatic heterocycles. The van der Waals surface area contributed by atoms with Gasteiger partial charge in [-0.3, -0.25) is 9.69 Å². The molecule has 142 valence electrons. The van der Waals surface area contributed by atoms with E-state index in [9.17, 15) is 18.0 Å². The second-order valence-electron chi connectivity index (χ2n) is 6.22. The van der Waals surface area contributed by atoms with Gasteiger partial charge < -0.3 is 10.6 Å². The number of benzene rings is 1. The molecule has 26 heavy (non-hydrogen) atoms. The highest BCUT2D eigenvalue weighted by Crippen LogP contribution is 2.25. The molecule has 0 spiro atoms. The van der Waals surface area contributed by atoms with E-state index < -0.39 is 18.8 Å². The van der Waals surface area contributed by atoms with Gasteiger partial charge in [0.25, 0.3) is 0 Å². The van der Waals surface area contributed by atoms with Crippen molar-refractivity contribution in [3.05, 3.63) is 29.3 Å². The van der Waals surface area contributed by atoms with E-state index >= 15 is 0 Å². The van der Waals surface area contributed by atoms with Crippen LogP contribution in [0.1, 0.15) is 11.4 Å². The number of para-hydroxylation sites is 1. The second kappa shape index (κ2) is 8.32. The van der Waals surface area contributed by atoms with Crippen molar-refractivity contribution in [3.8, 4) is 0 Å². The van der Waals surface area contributed by atoms with Crippen molar-refractivity contribution < 1.29 is 18.0 Å².